The molecular formula is C11H21NO. The van der Waals surface area contributed by atoms with Crippen molar-refractivity contribution in [2.75, 3.05) is 26.2 Å². The van der Waals surface area contributed by atoms with E-state index in [-0.39, 0.29) is 6.61 Å². The molecule has 76 valence electrons. The van der Waals surface area contributed by atoms with Crippen molar-refractivity contribution in [3.05, 3.63) is 12.2 Å². The summed E-state index contributed by atoms with van der Waals surface area (Å²) in [4.78, 5) is 2.48. The van der Waals surface area contributed by atoms with Gasteiger partial charge in [0.2, 0.25) is 0 Å². The first-order valence-electron chi connectivity index (χ1n) is 5.26. The largest absolute Gasteiger partial charge is 0.392 e. The molecule has 1 heterocycles. The zero-order valence-corrected chi connectivity index (χ0v) is 8.63. The third-order valence-corrected chi connectivity index (χ3v) is 2.85. The molecule has 0 aromatic rings. The van der Waals surface area contributed by atoms with Gasteiger partial charge >= 0.3 is 0 Å². The molecule has 0 radical (unpaired) electrons. The molecule has 0 aromatic heterocycles. The highest BCUT2D eigenvalue weighted by atomic mass is 16.3. The third-order valence-electron chi connectivity index (χ3n) is 2.85. The molecule has 1 atom stereocenters. The van der Waals surface area contributed by atoms with E-state index in [1.54, 1.807) is 0 Å². The summed E-state index contributed by atoms with van der Waals surface area (Å²) >= 11 is 0. The highest BCUT2D eigenvalue weighted by Crippen LogP contribution is 2.21. The van der Waals surface area contributed by atoms with Crippen LogP contribution in [0.2, 0.25) is 0 Å². The van der Waals surface area contributed by atoms with Gasteiger partial charge in [0.1, 0.15) is 0 Å². The second-order valence-corrected chi connectivity index (χ2v) is 4.01. The molecule has 1 aliphatic heterocycles. The average molecular weight is 183 g/mol. The van der Waals surface area contributed by atoms with Crippen LogP contribution >= 0.6 is 0 Å². The molecule has 2 heteroatoms. The molecule has 2 nitrogen and oxygen atoms in total. The van der Waals surface area contributed by atoms with Gasteiger partial charge in [-0.3, -0.25) is 0 Å². The maximum absolute atomic E-state index is 8.88. The van der Waals surface area contributed by atoms with E-state index < -0.39 is 0 Å². The van der Waals surface area contributed by atoms with Gasteiger partial charge < -0.3 is 10.0 Å². The van der Waals surface area contributed by atoms with Crippen molar-refractivity contribution in [1.82, 2.24) is 4.90 Å². The molecular weight excluding hydrogens is 162 g/mol. The highest BCUT2D eigenvalue weighted by Gasteiger charge is 2.18. The van der Waals surface area contributed by atoms with Crippen LogP contribution in [0.5, 0.6) is 0 Å². The van der Waals surface area contributed by atoms with Gasteiger partial charge in [0.25, 0.3) is 0 Å². The van der Waals surface area contributed by atoms with Gasteiger partial charge in [-0.1, -0.05) is 19.1 Å². The minimum atomic E-state index is 0.155. The van der Waals surface area contributed by atoms with Crippen LogP contribution in [-0.2, 0) is 0 Å². The second-order valence-electron chi connectivity index (χ2n) is 4.01. The van der Waals surface area contributed by atoms with Crippen LogP contribution in [0.15, 0.2) is 12.2 Å². The lowest BCUT2D eigenvalue weighted by Crippen LogP contribution is -2.35. The van der Waals surface area contributed by atoms with Crippen molar-refractivity contribution in [2.24, 2.45) is 5.92 Å². The maximum Gasteiger partial charge on any atom is 0.0639 e. The van der Waals surface area contributed by atoms with Crippen LogP contribution < -0.4 is 0 Å². The minimum Gasteiger partial charge on any atom is -0.392 e. The fourth-order valence-corrected chi connectivity index (χ4v) is 2.08. The van der Waals surface area contributed by atoms with Crippen LogP contribution in [0.4, 0.5) is 0 Å². The van der Waals surface area contributed by atoms with E-state index in [9.17, 15) is 0 Å². The van der Waals surface area contributed by atoms with E-state index in [1.807, 2.05) is 0 Å². The first-order chi connectivity index (χ1) is 6.26. The topological polar surface area (TPSA) is 23.5 Å². The van der Waals surface area contributed by atoms with Crippen molar-refractivity contribution in [3.8, 4) is 0 Å². The van der Waals surface area contributed by atoms with Crippen molar-refractivity contribution < 1.29 is 5.11 Å². The summed E-state index contributed by atoms with van der Waals surface area (Å²) in [7, 11) is 0. The average Bonchev–Trinajstić information content (AvgIpc) is 2.18. The van der Waals surface area contributed by atoms with Crippen molar-refractivity contribution in [3.63, 3.8) is 0 Å². The van der Waals surface area contributed by atoms with E-state index in [4.69, 9.17) is 5.11 Å². The Morgan fingerprint density at radius 2 is 2.38 bits per heavy atom. The van der Waals surface area contributed by atoms with E-state index >= 15 is 0 Å². The van der Waals surface area contributed by atoms with Gasteiger partial charge in [-0.2, -0.15) is 0 Å². The molecule has 1 fully saturated rings. The number of aliphatic hydroxyl groups is 1. The Hall–Kier alpha value is -0.340. The van der Waals surface area contributed by atoms with Gasteiger partial charge in [-0.15, -0.1) is 0 Å². The lowest BCUT2D eigenvalue weighted by molar-refractivity contribution is 0.179. The quantitative estimate of drug-likeness (QED) is 0.670. The fraction of sp³-hybridized carbons (Fsp3) is 0.818. The third kappa shape index (κ3) is 3.49. The Balaban J connectivity index is 2.29. The zero-order valence-electron chi connectivity index (χ0n) is 8.63. The highest BCUT2D eigenvalue weighted by molar-refractivity contribution is 4.96. The number of nitrogens with zero attached hydrogens (tertiary/aromatic N) is 1. The second kappa shape index (κ2) is 5.40. The monoisotopic (exact) mass is 183 g/mol. The predicted molar refractivity (Wildman–Crippen MR) is 55.7 cm³/mol. The molecule has 1 N–H and O–H groups in total. The van der Waals surface area contributed by atoms with Crippen molar-refractivity contribution >= 4 is 0 Å². The number of likely N-dealkylation sites (tertiary alicyclic amines) is 1. The number of hydrogen-bond donors (Lipinski definition) is 1. The van der Waals surface area contributed by atoms with E-state index in [1.165, 1.54) is 25.9 Å². The summed E-state index contributed by atoms with van der Waals surface area (Å²) in [5.41, 5.74) is 0.989. The van der Waals surface area contributed by atoms with Gasteiger partial charge in [-0.05, 0) is 38.3 Å². The lowest BCUT2D eigenvalue weighted by atomic mass is 9.92. The van der Waals surface area contributed by atoms with Gasteiger partial charge in [0.15, 0.2) is 0 Å². The Morgan fingerprint density at radius 1 is 1.62 bits per heavy atom. The molecule has 1 rings (SSSR count). The minimum absolute atomic E-state index is 0.155. The van der Waals surface area contributed by atoms with E-state index in [0.29, 0.717) is 0 Å². The summed E-state index contributed by atoms with van der Waals surface area (Å²) in [6, 6.07) is 0. The first kappa shape index (κ1) is 10.7. The zero-order chi connectivity index (χ0) is 9.68. The van der Waals surface area contributed by atoms with Gasteiger partial charge in [-0.25, -0.2) is 0 Å². The molecule has 0 bridgehead atoms. The van der Waals surface area contributed by atoms with Crippen LogP contribution in [0.25, 0.3) is 0 Å². The molecule has 1 unspecified atom stereocenters. The molecule has 0 saturated carbocycles. The van der Waals surface area contributed by atoms with Crippen LogP contribution in [0, 0.1) is 5.92 Å². The molecule has 0 spiro atoms. The summed E-state index contributed by atoms with van der Waals surface area (Å²) < 4.78 is 0. The summed E-state index contributed by atoms with van der Waals surface area (Å²) in [6.07, 6.45) is 3.61. The van der Waals surface area contributed by atoms with Crippen molar-refractivity contribution in [1.29, 1.82) is 0 Å². The van der Waals surface area contributed by atoms with Crippen LogP contribution in [0.1, 0.15) is 26.2 Å². The lowest BCUT2D eigenvalue weighted by Gasteiger charge is -2.32. The van der Waals surface area contributed by atoms with Gasteiger partial charge in [0, 0.05) is 6.54 Å². The number of hydrogen-bond acceptors (Lipinski definition) is 2. The maximum atomic E-state index is 8.88. The molecule has 0 aliphatic carbocycles. The van der Waals surface area contributed by atoms with Gasteiger partial charge in [0.05, 0.1) is 6.61 Å². The Labute approximate surface area is 81.2 Å². The fourth-order valence-electron chi connectivity index (χ4n) is 2.08. The number of rotatable bonds is 4. The molecule has 1 aliphatic rings. The SMILES string of the molecule is C=C(CO)CC1CCCN(CC)C1. The Bertz CT molecular complexity index is 167. The van der Waals surface area contributed by atoms with Crippen molar-refractivity contribution in [2.45, 2.75) is 26.2 Å². The summed E-state index contributed by atoms with van der Waals surface area (Å²) in [6.45, 7) is 9.81. The smallest absolute Gasteiger partial charge is 0.0639 e. The standard InChI is InChI=1S/C11H21NO/c1-3-12-6-4-5-11(8-12)7-10(2)9-13/h11,13H,2-9H2,1H3. The summed E-state index contributed by atoms with van der Waals surface area (Å²) in [5, 5.41) is 8.88. The molecule has 0 aromatic carbocycles. The van der Waals surface area contributed by atoms with Crippen LogP contribution in [0.3, 0.4) is 0 Å². The molecule has 0 amide bonds. The predicted octanol–water partition coefficient (Wildman–Crippen LogP) is 1.66. The van der Waals surface area contributed by atoms with E-state index in [2.05, 4.69) is 18.4 Å². The molecule has 1 saturated heterocycles. The van der Waals surface area contributed by atoms with Crippen LogP contribution in [-0.4, -0.2) is 36.2 Å². The van der Waals surface area contributed by atoms with E-state index in [0.717, 1.165) is 24.5 Å². The number of aliphatic hydroxyl groups excluding tert-OH is 1. The summed E-state index contributed by atoms with van der Waals surface area (Å²) in [5.74, 6) is 0.730. The normalized spacial score (nSPS) is 24.6. The Kier molecular flexibility index (Phi) is 4.46. The first-order valence-corrected chi connectivity index (χ1v) is 5.26. The Morgan fingerprint density at radius 3 is 3.00 bits per heavy atom. The number of piperidine rings is 1. The molecule has 13 heavy (non-hydrogen) atoms.